The molecule has 2 aromatic carbocycles. The van der Waals surface area contributed by atoms with Gasteiger partial charge in [0.25, 0.3) is 0 Å². The van der Waals surface area contributed by atoms with Crippen molar-refractivity contribution in [3.05, 3.63) is 64.8 Å². The Morgan fingerprint density at radius 2 is 2.08 bits per heavy atom. The number of aromatic nitrogens is 2. The molecule has 1 saturated carbocycles. The summed E-state index contributed by atoms with van der Waals surface area (Å²) in [7, 11) is 0. The zero-order valence-corrected chi connectivity index (χ0v) is 15.3. The van der Waals surface area contributed by atoms with Crippen LogP contribution >= 0.6 is 11.6 Å². The first kappa shape index (κ1) is 17.1. The topological polar surface area (TPSA) is 57.8 Å². The van der Waals surface area contributed by atoms with Crippen LogP contribution in [0.3, 0.4) is 0 Å². The molecule has 1 amide bonds. The number of amides is 1. The minimum Gasteiger partial charge on any atom is -0.349 e. The molecule has 1 aromatic heterocycles. The Bertz CT molecular complexity index is 914. The molecule has 1 aliphatic rings. The highest BCUT2D eigenvalue weighted by Gasteiger charge is 2.27. The van der Waals surface area contributed by atoms with Crippen molar-refractivity contribution >= 4 is 28.4 Å². The summed E-state index contributed by atoms with van der Waals surface area (Å²) in [4.78, 5) is 12.7. The number of carbonyl (C=O) groups excluding carboxylic acids is 1. The summed E-state index contributed by atoms with van der Waals surface area (Å²) in [6.45, 7) is 0. The lowest BCUT2D eigenvalue weighted by atomic mass is 9.91. The van der Waals surface area contributed by atoms with Crippen LogP contribution in [0.1, 0.15) is 42.9 Å². The van der Waals surface area contributed by atoms with Crippen molar-refractivity contribution < 1.29 is 4.79 Å². The maximum Gasteiger partial charge on any atom is 0.224 e. The molecule has 26 heavy (non-hydrogen) atoms. The van der Waals surface area contributed by atoms with Crippen LogP contribution < -0.4 is 5.32 Å². The zero-order chi connectivity index (χ0) is 17.9. The SMILES string of the molecule is O=C(Cc1ccc2[nH]ncc2c1)N[C@H](c1cccc(Cl)c1)C1CCCC1. The Labute approximate surface area is 157 Å². The third-order valence-electron chi connectivity index (χ3n) is 5.26. The Hall–Kier alpha value is -2.33. The van der Waals surface area contributed by atoms with E-state index in [2.05, 4.69) is 21.6 Å². The van der Waals surface area contributed by atoms with E-state index in [4.69, 9.17) is 11.6 Å². The quantitative estimate of drug-likeness (QED) is 0.680. The second-order valence-corrected chi connectivity index (χ2v) is 7.55. The molecule has 0 radical (unpaired) electrons. The maximum atomic E-state index is 12.7. The van der Waals surface area contributed by atoms with E-state index < -0.39 is 0 Å². The Morgan fingerprint density at radius 3 is 2.88 bits per heavy atom. The molecule has 0 spiro atoms. The number of benzene rings is 2. The van der Waals surface area contributed by atoms with Crippen molar-refractivity contribution in [3.63, 3.8) is 0 Å². The molecule has 0 unspecified atom stereocenters. The molecule has 1 atom stereocenters. The number of fused-ring (bicyclic) bond motifs is 1. The lowest BCUT2D eigenvalue weighted by Gasteiger charge is -2.25. The van der Waals surface area contributed by atoms with Gasteiger partial charge in [0.1, 0.15) is 0 Å². The number of carbonyl (C=O) groups is 1. The van der Waals surface area contributed by atoms with Gasteiger partial charge >= 0.3 is 0 Å². The van der Waals surface area contributed by atoms with Crippen molar-refractivity contribution in [2.24, 2.45) is 5.92 Å². The van der Waals surface area contributed by atoms with Gasteiger partial charge in [-0.1, -0.05) is 42.6 Å². The molecular weight excluding hydrogens is 346 g/mol. The molecule has 4 nitrogen and oxygen atoms in total. The smallest absolute Gasteiger partial charge is 0.224 e. The number of rotatable bonds is 5. The van der Waals surface area contributed by atoms with E-state index in [1.54, 1.807) is 6.20 Å². The van der Waals surface area contributed by atoms with E-state index in [-0.39, 0.29) is 11.9 Å². The summed E-state index contributed by atoms with van der Waals surface area (Å²) < 4.78 is 0. The van der Waals surface area contributed by atoms with Crippen LogP contribution in [-0.4, -0.2) is 16.1 Å². The van der Waals surface area contributed by atoms with E-state index in [9.17, 15) is 4.79 Å². The van der Waals surface area contributed by atoms with Gasteiger partial charge < -0.3 is 5.32 Å². The van der Waals surface area contributed by atoms with E-state index in [1.807, 2.05) is 36.4 Å². The van der Waals surface area contributed by atoms with E-state index in [1.165, 1.54) is 12.8 Å². The molecule has 3 aromatic rings. The number of hydrogen-bond acceptors (Lipinski definition) is 2. The molecule has 1 heterocycles. The second-order valence-electron chi connectivity index (χ2n) is 7.11. The van der Waals surface area contributed by atoms with Gasteiger partial charge in [0.05, 0.1) is 24.2 Å². The normalized spacial score (nSPS) is 16.0. The van der Waals surface area contributed by atoms with E-state index in [0.717, 1.165) is 34.9 Å². The molecule has 1 fully saturated rings. The molecule has 0 bridgehead atoms. The Kier molecular flexibility index (Phi) is 4.93. The van der Waals surface area contributed by atoms with Crippen molar-refractivity contribution in [1.82, 2.24) is 15.5 Å². The molecule has 2 N–H and O–H groups in total. The standard InChI is InChI=1S/C21H22ClN3O/c22-18-7-3-6-16(12-18)21(15-4-1-2-5-15)24-20(26)11-14-8-9-19-17(10-14)13-23-25-19/h3,6-10,12-13,15,21H,1-2,4-5,11H2,(H,23,25)(H,24,26)/t21-/m0/s1. The van der Waals surface area contributed by atoms with Gasteiger partial charge in [-0.3, -0.25) is 9.89 Å². The molecule has 4 rings (SSSR count). The molecule has 1 aliphatic carbocycles. The summed E-state index contributed by atoms with van der Waals surface area (Å²) in [6, 6.07) is 13.9. The minimum absolute atomic E-state index is 0.0290. The van der Waals surface area contributed by atoms with Crippen LogP contribution in [0.15, 0.2) is 48.7 Å². The highest BCUT2D eigenvalue weighted by atomic mass is 35.5. The lowest BCUT2D eigenvalue weighted by molar-refractivity contribution is -0.121. The van der Waals surface area contributed by atoms with Gasteiger partial charge in [0.15, 0.2) is 0 Å². The summed E-state index contributed by atoms with van der Waals surface area (Å²) in [6.07, 6.45) is 6.91. The monoisotopic (exact) mass is 367 g/mol. The first-order chi connectivity index (χ1) is 12.7. The number of aromatic amines is 1. The fourth-order valence-corrected chi connectivity index (χ4v) is 4.17. The van der Waals surface area contributed by atoms with Crippen LogP contribution in [0.25, 0.3) is 10.9 Å². The summed E-state index contributed by atoms with van der Waals surface area (Å²) >= 11 is 6.19. The highest BCUT2D eigenvalue weighted by Crippen LogP contribution is 2.36. The van der Waals surface area contributed by atoms with E-state index >= 15 is 0 Å². The number of H-pyrrole nitrogens is 1. The first-order valence-electron chi connectivity index (χ1n) is 9.16. The predicted octanol–water partition coefficient (Wildman–Crippen LogP) is 4.81. The third kappa shape index (κ3) is 3.75. The van der Waals surface area contributed by atoms with Gasteiger partial charge in [-0.05, 0) is 54.2 Å². The Balaban J connectivity index is 1.51. The van der Waals surface area contributed by atoms with Crippen LogP contribution in [0.5, 0.6) is 0 Å². The predicted molar refractivity (Wildman–Crippen MR) is 104 cm³/mol. The lowest BCUT2D eigenvalue weighted by Crippen LogP contribution is -2.33. The zero-order valence-electron chi connectivity index (χ0n) is 14.5. The molecule has 0 saturated heterocycles. The average Bonchev–Trinajstić information content (AvgIpc) is 3.31. The first-order valence-corrected chi connectivity index (χ1v) is 9.54. The minimum atomic E-state index is 0.0290. The van der Waals surface area contributed by atoms with Gasteiger partial charge in [-0.2, -0.15) is 5.10 Å². The van der Waals surface area contributed by atoms with Gasteiger partial charge in [-0.15, -0.1) is 0 Å². The fourth-order valence-electron chi connectivity index (χ4n) is 3.98. The summed E-state index contributed by atoms with van der Waals surface area (Å²) in [5.41, 5.74) is 3.08. The molecular formula is C21H22ClN3O. The van der Waals surface area contributed by atoms with Crippen LogP contribution in [0.4, 0.5) is 0 Å². The van der Waals surface area contributed by atoms with Gasteiger partial charge in [0.2, 0.25) is 5.91 Å². The molecule has 5 heteroatoms. The summed E-state index contributed by atoms with van der Waals surface area (Å²) in [5, 5.41) is 12.0. The highest BCUT2D eigenvalue weighted by molar-refractivity contribution is 6.30. The number of hydrogen-bond donors (Lipinski definition) is 2. The van der Waals surface area contributed by atoms with Crippen molar-refractivity contribution in [2.45, 2.75) is 38.1 Å². The Morgan fingerprint density at radius 1 is 1.23 bits per heavy atom. The van der Waals surface area contributed by atoms with Gasteiger partial charge in [0, 0.05) is 10.4 Å². The van der Waals surface area contributed by atoms with E-state index in [0.29, 0.717) is 17.4 Å². The van der Waals surface area contributed by atoms with Crippen LogP contribution in [-0.2, 0) is 11.2 Å². The second kappa shape index (κ2) is 7.50. The molecule has 0 aliphatic heterocycles. The number of nitrogens with zero attached hydrogens (tertiary/aromatic N) is 1. The van der Waals surface area contributed by atoms with Crippen LogP contribution in [0, 0.1) is 5.92 Å². The van der Waals surface area contributed by atoms with Crippen molar-refractivity contribution in [1.29, 1.82) is 0 Å². The fraction of sp³-hybridized carbons (Fsp3) is 0.333. The average molecular weight is 368 g/mol. The number of nitrogens with one attached hydrogen (secondary N) is 2. The maximum absolute atomic E-state index is 12.7. The third-order valence-corrected chi connectivity index (χ3v) is 5.50. The van der Waals surface area contributed by atoms with Crippen molar-refractivity contribution in [2.75, 3.05) is 0 Å². The largest absolute Gasteiger partial charge is 0.349 e. The summed E-state index contributed by atoms with van der Waals surface area (Å²) in [5.74, 6) is 0.526. The van der Waals surface area contributed by atoms with Crippen LogP contribution in [0.2, 0.25) is 5.02 Å². The van der Waals surface area contributed by atoms with Crippen molar-refractivity contribution in [3.8, 4) is 0 Å². The molecule has 134 valence electrons. The number of halogens is 1. The van der Waals surface area contributed by atoms with Gasteiger partial charge in [-0.25, -0.2) is 0 Å².